The van der Waals surface area contributed by atoms with Gasteiger partial charge in [-0.2, -0.15) is 0 Å². The van der Waals surface area contributed by atoms with E-state index in [0.29, 0.717) is 37.0 Å². The average molecular weight is 491 g/mol. The van der Waals surface area contributed by atoms with E-state index < -0.39 is 0 Å². The number of benzene rings is 1. The summed E-state index contributed by atoms with van der Waals surface area (Å²) in [6.07, 6.45) is 4.13. The number of carbonyl (C=O) groups is 2. The topological polar surface area (TPSA) is 83.6 Å². The number of ether oxygens (including phenoxy) is 3. The van der Waals surface area contributed by atoms with Crippen molar-refractivity contribution < 1.29 is 23.8 Å². The predicted molar refractivity (Wildman–Crippen MR) is 125 cm³/mol. The average Bonchev–Trinajstić information content (AvgIpc) is 2.80. The SMILES string of the molecule is O=C1CO[C@H]2CCN(C(=O)N3CC(Oc4cccc(N5CC6(CCCCO6)C5)c4Cl)C3)C[C@H]2N1. The van der Waals surface area contributed by atoms with Crippen LogP contribution >= 0.6 is 11.6 Å². The lowest BCUT2D eigenvalue weighted by Crippen LogP contribution is -2.65. The summed E-state index contributed by atoms with van der Waals surface area (Å²) < 4.78 is 17.8. The molecule has 0 aromatic heterocycles. The van der Waals surface area contributed by atoms with Crippen LogP contribution in [0.2, 0.25) is 5.02 Å². The Labute approximate surface area is 204 Å². The quantitative estimate of drug-likeness (QED) is 0.696. The minimum Gasteiger partial charge on any atom is -0.485 e. The fourth-order valence-corrected chi connectivity index (χ4v) is 6.03. The third-order valence-corrected chi connectivity index (χ3v) is 8.06. The first kappa shape index (κ1) is 22.2. The molecule has 5 heterocycles. The van der Waals surface area contributed by atoms with Crippen molar-refractivity contribution in [1.82, 2.24) is 15.1 Å². The summed E-state index contributed by atoms with van der Waals surface area (Å²) in [4.78, 5) is 30.4. The summed E-state index contributed by atoms with van der Waals surface area (Å²) in [5.41, 5.74) is 0.972. The van der Waals surface area contributed by atoms with Gasteiger partial charge in [-0.1, -0.05) is 17.7 Å². The van der Waals surface area contributed by atoms with Gasteiger partial charge in [-0.15, -0.1) is 0 Å². The number of carbonyl (C=O) groups excluding carboxylic acids is 2. The molecule has 9 nitrogen and oxygen atoms in total. The minimum absolute atomic E-state index is 0.00500. The van der Waals surface area contributed by atoms with Crippen LogP contribution in [0.5, 0.6) is 5.75 Å². The van der Waals surface area contributed by atoms with Crippen molar-refractivity contribution in [1.29, 1.82) is 0 Å². The summed E-state index contributed by atoms with van der Waals surface area (Å²) >= 11 is 6.72. The number of amides is 3. The van der Waals surface area contributed by atoms with Crippen LogP contribution in [0.25, 0.3) is 0 Å². The molecule has 2 atom stereocenters. The number of piperidine rings is 1. The third kappa shape index (κ3) is 4.07. The normalized spacial score (nSPS) is 28.6. The molecule has 1 aromatic carbocycles. The second-order valence-corrected chi connectivity index (χ2v) is 10.5. The molecule has 0 saturated carbocycles. The number of anilines is 1. The summed E-state index contributed by atoms with van der Waals surface area (Å²) in [5, 5.41) is 3.56. The summed E-state index contributed by atoms with van der Waals surface area (Å²) in [7, 11) is 0. The highest BCUT2D eigenvalue weighted by Gasteiger charge is 2.46. The Morgan fingerprint density at radius 2 is 2.03 bits per heavy atom. The van der Waals surface area contributed by atoms with Gasteiger partial charge < -0.3 is 34.2 Å². The van der Waals surface area contributed by atoms with Gasteiger partial charge in [-0.3, -0.25) is 4.79 Å². The van der Waals surface area contributed by atoms with Crippen LogP contribution in [0.1, 0.15) is 25.7 Å². The summed E-state index contributed by atoms with van der Waals surface area (Å²) in [6.45, 7) is 4.84. The summed E-state index contributed by atoms with van der Waals surface area (Å²) in [6, 6.07) is 5.73. The molecule has 5 aliphatic rings. The molecule has 3 amide bonds. The van der Waals surface area contributed by atoms with E-state index >= 15 is 0 Å². The van der Waals surface area contributed by atoms with E-state index in [4.69, 9.17) is 25.8 Å². The van der Waals surface area contributed by atoms with Crippen molar-refractivity contribution >= 4 is 29.2 Å². The van der Waals surface area contributed by atoms with Crippen LogP contribution in [0.15, 0.2) is 18.2 Å². The van der Waals surface area contributed by atoms with Crippen LogP contribution in [-0.2, 0) is 14.3 Å². The van der Waals surface area contributed by atoms with Crippen molar-refractivity contribution in [2.24, 2.45) is 0 Å². The zero-order chi connectivity index (χ0) is 23.3. The van der Waals surface area contributed by atoms with Crippen LogP contribution < -0.4 is 15.0 Å². The standard InChI is InChI=1S/C24H31ClN4O5/c25-22-18(29-14-24(15-29)7-1-2-9-33-24)4-3-5-20(22)34-16-10-28(11-16)23(31)27-8-6-19-17(12-27)26-21(30)13-32-19/h3-5,16-17,19H,1-2,6-15H2,(H,26,30)/t17-,19+/m1/s1. The molecule has 10 heteroatoms. The Morgan fingerprint density at radius 1 is 1.18 bits per heavy atom. The molecule has 0 aliphatic carbocycles. The van der Waals surface area contributed by atoms with Gasteiger partial charge in [0, 0.05) is 32.8 Å². The number of urea groups is 1. The first-order valence-electron chi connectivity index (χ1n) is 12.3. The number of hydrogen-bond donors (Lipinski definition) is 1. The second-order valence-electron chi connectivity index (χ2n) is 10.1. The predicted octanol–water partition coefficient (Wildman–Crippen LogP) is 1.87. The largest absolute Gasteiger partial charge is 0.485 e. The highest BCUT2D eigenvalue weighted by Crippen LogP contribution is 2.42. The van der Waals surface area contributed by atoms with E-state index in [0.717, 1.165) is 44.6 Å². The lowest BCUT2D eigenvalue weighted by Gasteiger charge is -2.53. The lowest BCUT2D eigenvalue weighted by atomic mass is 9.86. The van der Waals surface area contributed by atoms with Gasteiger partial charge in [-0.25, -0.2) is 4.79 Å². The van der Waals surface area contributed by atoms with Crippen molar-refractivity contribution in [3.05, 3.63) is 23.2 Å². The molecule has 5 fully saturated rings. The molecule has 6 rings (SSSR count). The van der Waals surface area contributed by atoms with Gasteiger partial charge in [0.2, 0.25) is 5.91 Å². The molecule has 5 saturated heterocycles. The van der Waals surface area contributed by atoms with E-state index in [1.54, 1.807) is 9.80 Å². The van der Waals surface area contributed by atoms with Gasteiger partial charge >= 0.3 is 6.03 Å². The van der Waals surface area contributed by atoms with E-state index in [1.165, 1.54) is 6.42 Å². The maximum Gasteiger partial charge on any atom is 0.320 e. The number of rotatable bonds is 3. The molecule has 1 N–H and O–H groups in total. The molecule has 0 radical (unpaired) electrons. The van der Waals surface area contributed by atoms with Crippen LogP contribution in [0.4, 0.5) is 10.5 Å². The smallest absolute Gasteiger partial charge is 0.320 e. The van der Waals surface area contributed by atoms with E-state index in [2.05, 4.69) is 10.2 Å². The fraction of sp³-hybridized carbons (Fsp3) is 0.667. The van der Waals surface area contributed by atoms with Crippen LogP contribution in [0, 0.1) is 0 Å². The van der Waals surface area contributed by atoms with Gasteiger partial charge in [0.15, 0.2) is 0 Å². The number of hydrogen-bond acceptors (Lipinski definition) is 6. The Balaban J connectivity index is 1.01. The molecule has 1 aromatic rings. The number of nitrogens with zero attached hydrogens (tertiary/aromatic N) is 3. The molecular formula is C24H31ClN4O5. The fourth-order valence-electron chi connectivity index (χ4n) is 5.74. The zero-order valence-corrected chi connectivity index (χ0v) is 20.0. The number of likely N-dealkylation sites (tertiary alicyclic amines) is 2. The number of fused-ring (bicyclic) bond motifs is 1. The van der Waals surface area contributed by atoms with Crippen molar-refractivity contribution in [2.45, 2.75) is 49.5 Å². The Morgan fingerprint density at radius 3 is 2.82 bits per heavy atom. The minimum atomic E-state index is -0.131. The first-order valence-corrected chi connectivity index (χ1v) is 12.7. The van der Waals surface area contributed by atoms with E-state index in [-0.39, 0.29) is 42.4 Å². The van der Waals surface area contributed by atoms with Gasteiger partial charge in [0.1, 0.15) is 29.1 Å². The number of halogens is 1. The first-order chi connectivity index (χ1) is 16.5. The Bertz CT molecular complexity index is 957. The van der Waals surface area contributed by atoms with Crippen molar-refractivity contribution in [3.63, 3.8) is 0 Å². The molecule has 0 bridgehead atoms. The molecule has 0 unspecified atom stereocenters. The molecule has 184 valence electrons. The van der Waals surface area contributed by atoms with Crippen LogP contribution in [-0.4, -0.2) is 98.1 Å². The maximum atomic E-state index is 12.9. The lowest BCUT2D eigenvalue weighted by molar-refractivity contribution is -0.139. The summed E-state index contributed by atoms with van der Waals surface area (Å²) in [5.74, 6) is 0.538. The van der Waals surface area contributed by atoms with Gasteiger partial charge in [0.05, 0.1) is 30.9 Å². The maximum absolute atomic E-state index is 12.9. The molecule has 34 heavy (non-hydrogen) atoms. The van der Waals surface area contributed by atoms with Crippen molar-refractivity contribution in [2.75, 3.05) is 57.4 Å². The van der Waals surface area contributed by atoms with E-state index in [9.17, 15) is 9.59 Å². The molecule has 1 spiro atoms. The zero-order valence-electron chi connectivity index (χ0n) is 19.2. The third-order valence-electron chi connectivity index (χ3n) is 7.68. The Kier molecular flexibility index (Phi) is 5.74. The molecule has 5 aliphatic heterocycles. The van der Waals surface area contributed by atoms with Crippen molar-refractivity contribution in [3.8, 4) is 5.75 Å². The Hall–Kier alpha value is -2.23. The number of nitrogens with one attached hydrogen (secondary N) is 1. The molecular weight excluding hydrogens is 460 g/mol. The van der Waals surface area contributed by atoms with E-state index in [1.807, 2.05) is 18.2 Å². The monoisotopic (exact) mass is 490 g/mol. The number of morpholine rings is 1. The van der Waals surface area contributed by atoms with Crippen LogP contribution in [0.3, 0.4) is 0 Å². The van der Waals surface area contributed by atoms with Gasteiger partial charge in [-0.05, 0) is 37.8 Å². The van der Waals surface area contributed by atoms with Gasteiger partial charge in [0.25, 0.3) is 0 Å². The highest BCUT2D eigenvalue weighted by molar-refractivity contribution is 6.34. The highest BCUT2D eigenvalue weighted by atomic mass is 35.5. The second kappa shape index (κ2) is 8.77.